The number of rotatable bonds is 5. The molecule has 222 valence electrons. The van der Waals surface area contributed by atoms with E-state index in [0.717, 1.165) is 58.2 Å². The third kappa shape index (κ3) is 4.80. The highest BCUT2D eigenvalue weighted by molar-refractivity contribution is 6.25. The lowest BCUT2D eigenvalue weighted by Crippen LogP contribution is -2.45. The topological polar surface area (TPSA) is 98.0 Å². The highest BCUT2D eigenvalue weighted by Gasteiger charge is 2.55. The Bertz CT molecular complexity index is 1750. The van der Waals surface area contributed by atoms with Crippen molar-refractivity contribution in [1.29, 1.82) is 0 Å². The number of hydrogen-bond donors (Lipinski definition) is 0. The smallest absolute Gasteiger partial charge is 0.264 e. The van der Waals surface area contributed by atoms with Crippen molar-refractivity contribution in [2.75, 3.05) is 11.4 Å². The van der Waals surface area contributed by atoms with Gasteiger partial charge in [0.15, 0.2) is 12.1 Å². The van der Waals surface area contributed by atoms with Gasteiger partial charge in [-0.25, -0.2) is 14.3 Å². The largest absolute Gasteiger partial charge is 0.271 e. The first kappa shape index (κ1) is 27.8. The third-order valence-corrected chi connectivity index (χ3v) is 8.82. The van der Waals surface area contributed by atoms with Crippen LogP contribution in [-0.4, -0.2) is 52.1 Å². The highest BCUT2D eigenvalue weighted by atomic mass is 19.1. The Morgan fingerprint density at radius 3 is 2.41 bits per heavy atom. The lowest BCUT2D eigenvalue weighted by Gasteiger charge is -2.30. The first-order chi connectivity index (χ1) is 21.3. The van der Waals surface area contributed by atoms with E-state index in [9.17, 15) is 18.8 Å². The van der Waals surface area contributed by atoms with Gasteiger partial charge >= 0.3 is 0 Å². The van der Waals surface area contributed by atoms with Gasteiger partial charge in [0.25, 0.3) is 17.7 Å². The summed E-state index contributed by atoms with van der Waals surface area (Å²) in [6, 6.07) is 19.3. The molecule has 3 aromatic rings. The van der Waals surface area contributed by atoms with Gasteiger partial charge in [-0.3, -0.25) is 19.4 Å². The molecule has 3 heterocycles. The minimum Gasteiger partial charge on any atom is -0.271 e. The second-order valence-electron chi connectivity index (χ2n) is 11.8. The molecule has 3 aromatic carbocycles. The minimum atomic E-state index is -1.09. The number of hydrogen-bond acceptors (Lipinski definition) is 7. The van der Waals surface area contributed by atoms with E-state index in [1.54, 1.807) is 0 Å². The van der Waals surface area contributed by atoms with Crippen molar-refractivity contribution in [2.24, 2.45) is 21.4 Å². The molecule has 10 heteroatoms. The van der Waals surface area contributed by atoms with Crippen molar-refractivity contribution >= 4 is 35.2 Å². The molecular formula is C34H31FN6O3. The zero-order valence-corrected chi connectivity index (χ0v) is 24.4. The molecule has 2 fully saturated rings. The molecule has 1 aliphatic carbocycles. The number of nitrogens with zero attached hydrogens (tertiary/aromatic N) is 6. The van der Waals surface area contributed by atoms with Gasteiger partial charge in [0.2, 0.25) is 0 Å². The van der Waals surface area contributed by atoms with Crippen LogP contribution >= 0.6 is 0 Å². The molecule has 3 amide bonds. The summed E-state index contributed by atoms with van der Waals surface area (Å²) < 4.78 is 13.9. The Morgan fingerprint density at radius 2 is 1.68 bits per heavy atom. The molecule has 0 aromatic heterocycles. The Kier molecular flexibility index (Phi) is 6.91. The van der Waals surface area contributed by atoms with Crippen LogP contribution in [0.5, 0.6) is 0 Å². The van der Waals surface area contributed by atoms with Gasteiger partial charge in [0.1, 0.15) is 12.4 Å². The minimum absolute atomic E-state index is 0.0122. The number of amides is 3. The van der Waals surface area contributed by atoms with E-state index in [4.69, 9.17) is 5.10 Å². The Hall–Kier alpha value is -4.99. The van der Waals surface area contributed by atoms with E-state index < -0.39 is 29.7 Å². The lowest BCUT2D eigenvalue weighted by molar-refractivity contribution is -0.136. The average molecular weight is 591 g/mol. The number of aryl methyl sites for hydroxylation is 2. The van der Waals surface area contributed by atoms with E-state index in [0.29, 0.717) is 0 Å². The zero-order chi connectivity index (χ0) is 30.5. The summed E-state index contributed by atoms with van der Waals surface area (Å²) in [5.41, 5.74) is 6.51. The van der Waals surface area contributed by atoms with Crippen LogP contribution in [0.3, 0.4) is 0 Å². The standard InChI is InChI=1S/C34H31FN6O3/c1-20-9-13-22(14-10-20)17-24-5-3-8-27-29(24)37-41(31(27)23-15-11-21(2)12-16-23)28(42)19-39-32-30(36-38-39)33(43)40(34(32)44)26-7-4-6-25(35)18-26/h4,6-7,9-18,27,30-32H,3,5,8,19H2,1-2H3. The molecule has 0 spiro atoms. The van der Waals surface area contributed by atoms with Crippen molar-refractivity contribution in [1.82, 2.24) is 10.0 Å². The van der Waals surface area contributed by atoms with Crippen molar-refractivity contribution in [2.45, 2.75) is 51.2 Å². The van der Waals surface area contributed by atoms with Crippen LogP contribution < -0.4 is 4.90 Å². The number of benzene rings is 3. The maximum absolute atomic E-state index is 14.1. The van der Waals surface area contributed by atoms with Crippen molar-refractivity contribution in [3.63, 3.8) is 0 Å². The summed E-state index contributed by atoms with van der Waals surface area (Å²) in [5, 5.41) is 15.9. The second kappa shape index (κ2) is 10.9. The number of imide groups is 1. The third-order valence-electron chi connectivity index (χ3n) is 8.82. The maximum Gasteiger partial charge on any atom is 0.264 e. The molecule has 0 bridgehead atoms. The molecule has 4 unspecified atom stereocenters. The predicted octanol–water partition coefficient (Wildman–Crippen LogP) is 5.56. The highest BCUT2D eigenvalue weighted by Crippen LogP contribution is 2.45. The molecule has 0 radical (unpaired) electrons. The molecule has 9 nitrogen and oxygen atoms in total. The fraction of sp³-hybridized carbons (Fsp3) is 0.294. The number of anilines is 1. The molecular weight excluding hydrogens is 559 g/mol. The molecule has 7 rings (SSSR count). The van der Waals surface area contributed by atoms with Crippen LogP contribution in [0.2, 0.25) is 0 Å². The first-order valence-corrected chi connectivity index (χ1v) is 14.8. The van der Waals surface area contributed by atoms with Crippen molar-refractivity contribution in [3.8, 4) is 0 Å². The summed E-state index contributed by atoms with van der Waals surface area (Å²) in [5.74, 6) is -2.10. The van der Waals surface area contributed by atoms with Crippen LogP contribution in [0.1, 0.15) is 47.6 Å². The van der Waals surface area contributed by atoms with E-state index in [1.807, 2.05) is 31.2 Å². The number of halogens is 1. The monoisotopic (exact) mass is 590 g/mol. The molecule has 4 aliphatic rings. The van der Waals surface area contributed by atoms with Crippen LogP contribution in [0.15, 0.2) is 93.8 Å². The quantitative estimate of drug-likeness (QED) is 0.364. The molecule has 3 aliphatic heterocycles. The zero-order valence-electron chi connectivity index (χ0n) is 24.4. The Labute approximate surface area is 254 Å². The van der Waals surface area contributed by atoms with Crippen LogP contribution in [0, 0.1) is 25.6 Å². The van der Waals surface area contributed by atoms with Gasteiger partial charge in [-0.05, 0) is 74.1 Å². The maximum atomic E-state index is 14.1. The fourth-order valence-corrected chi connectivity index (χ4v) is 6.60. The number of fused-ring (bicyclic) bond motifs is 2. The predicted molar refractivity (Wildman–Crippen MR) is 163 cm³/mol. The first-order valence-electron chi connectivity index (χ1n) is 14.8. The van der Waals surface area contributed by atoms with Gasteiger partial charge < -0.3 is 0 Å². The normalized spacial score (nSPS) is 25.1. The number of hydrazone groups is 1. The van der Waals surface area contributed by atoms with Crippen LogP contribution in [-0.2, 0) is 14.4 Å². The van der Waals surface area contributed by atoms with E-state index in [-0.39, 0.29) is 30.1 Å². The SMILES string of the molecule is Cc1ccc(C=C2CCCC3C2=NN(C(=O)CN2N=NC4C(=O)N(c5cccc(F)c5)C(=O)C42)C3c2ccc(C)cc2)cc1. The number of carbonyl (C=O) groups excluding carboxylic acids is 3. The van der Waals surface area contributed by atoms with Gasteiger partial charge in [-0.1, -0.05) is 70.9 Å². The Morgan fingerprint density at radius 1 is 0.955 bits per heavy atom. The summed E-state index contributed by atoms with van der Waals surface area (Å²) in [7, 11) is 0. The fourth-order valence-electron chi connectivity index (χ4n) is 6.60. The Balaban J connectivity index is 1.19. The summed E-state index contributed by atoms with van der Waals surface area (Å²) >= 11 is 0. The van der Waals surface area contributed by atoms with Crippen molar-refractivity contribution in [3.05, 3.63) is 106 Å². The molecule has 44 heavy (non-hydrogen) atoms. The number of allylic oxidation sites excluding steroid dienone is 1. The van der Waals surface area contributed by atoms with E-state index in [2.05, 4.69) is 47.6 Å². The van der Waals surface area contributed by atoms with E-state index >= 15 is 0 Å². The van der Waals surface area contributed by atoms with Crippen LogP contribution in [0.25, 0.3) is 6.08 Å². The van der Waals surface area contributed by atoms with Gasteiger partial charge in [0, 0.05) is 5.92 Å². The molecule has 0 N–H and O–H groups in total. The number of carbonyl (C=O) groups is 3. The summed E-state index contributed by atoms with van der Waals surface area (Å²) in [6.07, 6.45) is 4.88. The average Bonchev–Trinajstić information content (AvgIpc) is 3.68. The summed E-state index contributed by atoms with van der Waals surface area (Å²) in [4.78, 5) is 41.6. The molecule has 4 atom stereocenters. The van der Waals surface area contributed by atoms with E-state index in [1.165, 1.54) is 33.8 Å². The van der Waals surface area contributed by atoms with Gasteiger partial charge in [-0.15, -0.1) is 0 Å². The molecule has 1 saturated carbocycles. The van der Waals surface area contributed by atoms with Gasteiger partial charge in [0.05, 0.1) is 17.4 Å². The van der Waals surface area contributed by atoms with Gasteiger partial charge in [-0.2, -0.15) is 10.2 Å². The summed E-state index contributed by atoms with van der Waals surface area (Å²) in [6.45, 7) is 3.79. The van der Waals surface area contributed by atoms with Crippen LogP contribution in [0.4, 0.5) is 10.1 Å². The molecule has 1 saturated heterocycles. The second-order valence-corrected chi connectivity index (χ2v) is 11.8. The van der Waals surface area contributed by atoms with Crippen molar-refractivity contribution < 1.29 is 18.8 Å². The lowest BCUT2D eigenvalue weighted by atomic mass is 9.77.